The van der Waals surface area contributed by atoms with Crippen molar-refractivity contribution in [1.82, 2.24) is 0 Å². The molecule has 0 fully saturated rings. The topological polar surface area (TPSA) is 76.0 Å². The van der Waals surface area contributed by atoms with Crippen LogP contribution in [0.25, 0.3) is 0 Å². The molecule has 0 saturated heterocycles. The second kappa shape index (κ2) is 16.1. The van der Waals surface area contributed by atoms with E-state index in [1.54, 1.807) is 0 Å². The molecule has 0 amide bonds. The van der Waals surface area contributed by atoms with Crippen LogP contribution in [0.4, 0.5) is 0 Å². The van der Waals surface area contributed by atoms with Gasteiger partial charge in [0, 0.05) is 13.2 Å². The molecule has 0 radical (unpaired) electrons. The van der Waals surface area contributed by atoms with Gasteiger partial charge in [0.1, 0.15) is 0 Å². The Morgan fingerprint density at radius 3 is 1.68 bits per heavy atom. The van der Waals surface area contributed by atoms with Crippen molar-refractivity contribution in [3.05, 3.63) is 0 Å². The van der Waals surface area contributed by atoms with Gasteiger partial charge in [0.25, 0.3) is 0 Å². The monoisotopic (exact) mass is 298 g/mol. The maximum absolute atomic E-state index is 10.3. The summed E-state index contributed by atoms with van der Waals surface area (Å²) in [5, 5.41) is 0. The predicted molar refractivity (Wildman–Crippen MR) is 78.2 cm³/mol. The van der Waals surface area contributed by atoms with Gasteiger partial charge in [0.15, 0.2) is 0 Å². The van der Waals surface area contributed by atoms with Gasteiger partial charge in [0.05, 0.1) is 6.61 Å². The number of unbranched alkanes of at least 4 members (excludes halogenated alkanes) is 6. The third kappa shape index (κ3) is 27.3. The van der Waals surface area contributed by atoms with E-state index in [9.17, 15) is 4.57 Å². The van der Waals surface area contributed by atoms with Crippen LogP contribution in [0.3, 0.4) is 0 Å². The summed E-state index contributed by atoms with van der Waals surface area (Å²) in [6, 6.07) is 0. The lowest BCUT2D eigenvalue weighted by Crippen LogP contribution is -1.92. The van der Waals surface area contributed by atoms with Crippen molar-refractivity contribution in [3.8, 4) is 0 Å². The summed E-state index contributed by atoms with van der Waals surface area (Å²) in [6.45, 7) is 8.01. The van der Waals surface area contributed by atoms with Gasteiger partial charge in [-0.05, 0) is 20.3 Å². The van der Waals surface area contributed by atoms with Gasteiger partial charge < -0.3 is 14.5 Å². The zero-order valence-corrected chi connectivity index (χ0v) is 13.5. The predicted octanol–water partition coefficient (Wildman–Crippen LogP) is 3.89. The number of rotatable bonds is 11. The molecule has 0 spiro atoms. The molecule has 6 heteroatoms. The van der Waals surface area contributed by atoms with E-state index in [2.05, 4.69) is 11.4 Å². The lowest BCUT2D eigenvalue weighted by molar-refractivity contribution is 0.162. The highest BCUT2D eigenvalue weighted by molar-refractivity contribution is 7.46. The normalized spacial score (nSPS) is 11.0. The number of phosphoric acid groups is 1. The highest BCUT2D eigenvalue weighted by Gasteiger charge is 2.12. The van der Waals surface area contributed by atoms with Crippen LogP contribution < -0.4 is 0 Å². The van der Waals surface area contributed by atoms with Crippen molar-refractivity contribution >= 4 is 7.82 Å². The fraction of sp³-hybridized carbons (Fsp3) is 1.00. The first-order valence-corrected chi connectivity index (χ1v) is 8.78. The molecule has 0 aliphatic heterocycles. The summed E-state index contributed by atoms with van der Waals surface area (Å²) >= 11 is 0. The molecule has 0 bridgehead atoms. The Balaban J connectivity index is 0. The van der Waals surface area contributed by atoms with E-state index in [4.69, 9.17) is 14.5 Å². The minimum absolute atomic E-state index is 0.165. The Hall–Kier alpha value is 0.0700. The average Bonchev–Trinajstić information content (AvgIpc) is 2.33. The molecule has 0 aromatic carbocycles. The quantitative estimate of drug-likeness (QED) is 0.447. The largest absolute Gasteiger partial charge is 0.469 e. The number of hydrogen-bond donors (Lipinski definition) is 2. The molecule has 118 valence electrons. The molecule has 0 aromatic rings. The molecular weight excluding hydrogens is 267 g/mol. The standard InChI is InChI=1S/C9H21O4P.C4H10O/c1-2-3-4-5-6-7-8-9-13-14(10,11)12;1-3-5-4-2/h2-9H2,1H3,(H2,10,11,12);3-4H2,1-2H3. The van der Waals surface area contributed by atoms with Crippen molar-refractivity contribution in [2.75, 3.05) is 19.8 Å². The van der Waals surface area contributed by atoms with E-state index in [0.29, 0.717) is 0 Å². The van der Waals surface area contributed by atoms with Gasteiger partial charge in [-0.1, -0.05) is 45.4 Å². The van der Waals surface area contributed by atoms with Crippen LogP contribution in [0.15, 0.2) is 0 Å². The van der Waals surface area contributed by atoms with Crippen LogP contribution in [0.1, 0.15) is 65.7 Å². The number of phosphoric ester groups is 1. The fourth-order valence-electron chi connectivity index (χ4n) is 1.45. The second-order valence-electron chi connectivity index (χ2n) is 4.23. The molecule has 0 unspecified atom stereocenters. The van der Waals surface area contributed by atoms with Crippen LogP contribution in [-0.2, 0) is 13.8 Å². The van der Waals surface area contributed by atoms with Crippen molar-refractivity contribution in [2.45, 2.75) is 65.7 Å². The third-order valence-corrected chi connectivity index (χ3v) is 2.93. The Labute approximate surface area is 117 Å². The van der Waals surface area contributed by atoms with Crippen LogP contribution in [-0.4, -0.2) is 29.6 Å². The maximum Gasteiger partial charge on any atom is 0.469 e. The van der Waals surface area contributed by atoms with Crippen molar-refractivity contribution < 1.29 is 23.6 Å². The Bertz CT molecular complexity index is 203. The summed E-state index contributed by atoms with van der Waals surface area (Å²) in [4.78, 5) is 16.8. The smallest absolute Gasteiger partial charge is 0.382 e. The molecule has 0 aromatic heterocycles. The number of ether oxygens (including phenoxy) is 1. The maximum atomic E-state index is 10.3. The number of hydrogen-bond acceptors (Lipinski definition) is 3. The van der Waals surface area contributed by atoms with E-state index in [1.165, 1.54) is 25.7 Å². The fourth-order valence-corrected chi connectivity index (χ4v) is 1.81. The van der Waals surface area contributed by atoms with E-state index < -0.39 is 7.82 Å². The zero-order chi connectivity index (χ0) is 15.0. The minimum atomic E-state index is -4.23. The lowest BCUT2D eigenvalue weighted by Gasteiger charge is -2.04. The molecule has 0 aliphatic rings. The molecule has 0 heterocycles. The molecule has 2 N–H and O–H groups in total. The third-order valence-electron chi connectivity index (χ3n) is 2.42. The first-order chi connectivity index (χ1) is 8.97. The highest BCUT2D eigenvalue weighted by atomic mass is 31.2. The first kappa shape index (κ1) is 21.4. The van der Waals surface area contributed by atoms with Crippen molar-refractivity contribution in [2.24, 2.45) is 0 Å². The molecule has 5 nitrogen and oxygen atoms in total. The molecule has 0 aliphatic carbocycles. The van der Waals surface area contributed by atoms with E-state index in [1.807, 2.05) is 13.8 Å². The summed E-state index contributed by atoms with van der Waals surface area (Å²) < 4.78 is 19.4. The van der Waals surface area contributed by atoms with E-state index in [-0.39, 0.29) is 6.61 Å². The molecule has 0 atom stereocenters. The Morgan fingerprint density at radius 1 is 0.842 bits per heavy atom. The average molecular weight is 298 g/mol. The second-order valence-corrected chi connectivity index (χ2v) is 5.47. The van der Waals surface area contributed by atoms with Crippen molar-refractivity contribution in [3.63, 3.8) is 0 Å². The minimum Gasteiger partial charge on any atom is -0.382 e. The highest BCUT2D eigenvalue weighted by Crippen LogP contribution is 2.35. The molecular formula is C13H31O5P. The van der Waals surface area contributed by atoms with Crippen LogP contribution in [0.5, 0.6) is 0 Å². The lowest BCUT2D eigenvalue weighted by atomic mass is 10.1. The Kier molecular flexibility index (Phi) is 18.1. The van der Waals surface area contributed by atoms with Crippen LogP contribution >= 0.6 is 7.82 Å². The molecule has 19 heavy (non-hydrogen) atoms. The van der Waals surface area contributed by atoms with E-state index in [0.717, 1.165) is 32.5 Å². The van der Waals surface area contributed by atoms with Crippen molar-refractivity contribution in [1.29, 1.82) is 0 Å². The van der Waals surface area contributed by atoms with Gasteiger partial charge in [-0.3, -0.25) is 4.52 Å². The van der Waals surface area contributed by atoms with Crippen LogP contribution in [0, 0.1) is 0 Å². The molecule has 0 saturated carbocycles. The van der Waals surface area contributed by atoms with Gasteiger partial charge in [-0.25, -0.2) is 4.57 Å². The van der Waals surface area contributed by atoms with Gasteiger partial charge in [-0.15, -0.1) is 0 Å². The molecule has 0 rings (SSSR count). The van der Waals surface area contributed by atoms with E-state index >= 15 is 0 Å². The summed E-state index contributed by atoms with van der Waals surface area (Å²) in [6.07, 6.45) is 7.84. The van der Waals surface area contributed by atoms with Crippen LogP contribution in [0.2, 0.25) is 0 Å². The summed E-state index contributed by atoms with van der Waals surface area (Å²) in [7, 11) is -4.23. The first-order valence-electron chi connectivity index (χ1n) is 7.25. The van der Waals surface area contributed by atoms with Gasteiger partial charge >= 0.3 is 7.82 Å². The Morgan fingerprint density at radius 2 is 1.32 bits per heavy atom. The summed E-state index contributed by atoms with van der Waals surface area (Å²) in [5.41, 5.74) is 0. The zero-order valence-electron chi connectivity index (χ0n) is 12.6. The van der Waals surface area contributed by atoms with Gasteiger partial charge in [0.2, 0.25) is 0 Å². The SMILES string of the molecule is CCCCCCCCCOP(=O)(O)O.CCOCC. The van der Waals surface area contributed by atoms with Gasteiger partial charge in [-0.2, -0.15) is 0 Å². The summed E-state index contributed by atoms with van der Waals surface area (Å²) in [5.74, 6) is 0.